The maximum atomic E-state index is 2.62. The molecule has 0 bridgehead atoms. The highest BCUT2D eigenvalue weighted by molar-refractivity contribution is 6.99. The first-order valence-electron chi connectivity index (χ1n) is 16.0. The number of aromatic nitrogens is 2. The Morgan fingerprint density at radius 2 is 1.29 bits per heavy atom. The fourth-order valence-corrected chi connectivity index (χ4v) is 9.54. The van der Waals surface area contributed by atoms with Crippen molar-refractivity contribution >= 4 is 77.4 Å². The average molecular weight is 568 g/mol. The molecule has 0 saturated carbocycles. The average Bonchev–Trinajstić information content (AvgIpc) is 3.72. The Morgan fingerprint density at radius 3 is 2.20 bits per heavy atom. The summed E-state index contributed by atoms with van der Waals surface area (Å²) >= 11 is 0. The molecule has 3 aliphatic heterocycles. The monoisotopic (exact) mass is 568 g/mol. The zero-order valence-electron chi connectivity index (χ0n) is 24.7. The molecular formula is C42H25BN2. The minimum absolute atomic E-state index is 0.199. The summed E-state index contributed by atoms with van der Waals surface area (Å²) in [5, 5.41) is 9.20. The van der Waals surface area contributed by atoms with Gasteiger partial charge in [-0.3, -0.25) is 0 Å². The smallest absolute Gasteiger partial charge is 0.247 e. The highest BCUT2D eigenvalue weighted by atomic mass is 15.0. The molecule has 3 aliphatic rings. The van der Waals surface area contributed by atoms with Crippen LogP contribution in [0.2, 0.25) is 0 Å². The van der Waals surface area contributed by atoms with Crippen molar-refractivity contribution in [3.8, 4) is 11.4 Å². The molecule has 1 atom stereocenters. The Morgan fingerprint density at radius 1 is 0.533 bits per heavy atom. The molecule has 9 aromatic rings. The van der Waals surface area contributed by atoms with E-state index in [1.165, 1.54) is 104 Å². The zero-order chi connectivity index (χ0) is 29.1. The number of fused-ring (bicyclic) bond motifs is 15. The van der Waals surface area contributed by atoms with Gasteiger partial charge in [-0.15, -0.1) is 0 Å². The van der Waals surface area contributed by atoms with Crippen molar-refractivity contribution in [3.05, 3.63) is 150 Å². The van der Waals surface area contributed by atoms with Gasteiger partial charge in [-0.1, -0.05) is 103 Å². The maximum absolute atomic E-state index is 2.62. The van der Waals surface area contributed by atoms with E-state index in [2.05, 4.69) is 143 Å². The van der Waals surface area contributed by atoms with Gasteiger partial charge in [0.05, 0.1) is 17.0 Å². The van der Waals surface area contributed by atoms with E-state index in [0.29, 0.717) is 0 Å². The molecule has 0 amide bonds. The summed E-state index contributed by atoms with van der Waals surface area (Å²) in [7, 11) is 0. The van der Waals surface area contributed by atoms with Crippen LogP contribution in [0, 0.1) is 6.92 Å². The van der Waals surface area contributed by atoms with Gasteiger partial charge < -0.3 is 9.13 Å². The number of aryl methyl sites for hydroxylation is 1. The highest BCUT2D eigenvalue weighted by Gasteiger charge is 2.46. The van der Waals surface area contributed by atoms with Crippen molar-refractivity contribution in [2.45, 2.75) is 12.8 Å². The van der Waals surface area contributed by atoms with Crippen LogP contribution in [-0.2, 0) is 0 Å². The summed E-state index contributed by atoms with van der Waals surface area (Å²) in [4.78, 5) is 0. The Balaban J connectivity index is 1.26. The number of hydrogen-bond acceptors (Lipinski definition) is 0. The topological polar surface area (TPSA) is 9.86 Å². The van der Waals surface area contributed by atoms with Crippen molar-refractivity contribution in [1.29, 1.82) is 0 Å². The lowest BCUT2D eigenvalue weighted by molar-refractivity contribution is 0.964. The largest absolute Gasteiger partial charge is 0.312 e. The summed E-state index contributed by atoms with van der Waals surface area (Å²) in [6.07, 6.45) is 0. The van der Waals surface area contributed by atoms with E-state index in [1.54, 1.807) is 0 Å². The molecule has 45 heavy (non-hydrogen) atoms. The van der Waals surface area contributed by atoms with Gasteiger partial charge >= 0.3 is 0 Å². The first-order chi connectivity index (χ1) is 22.2. The first kappa shape index (κ1) is 22.9. The summed E-state index contributed by atoms with van der Waals surface area (Å²) in [6.45, 7) is 2.48. The van der Waals surface area contributed by atoms with Crippen LogP contribution in [0.5, 0.6) is 0 Å². The third-order valence-electron chi connectivity index (χ3n) is 11.1. The fourth-order valence-electron chi connectivity index (χ4n) is 9.54. The van der Waals surface area contributed by atoms with Crippen molar-refractivity contribution in [3.63, 3.8) is 0 Å². The molecule has 1 unspecified atom stereocenters. The number of hydrogen-bond donors (Lipinski definition) is 0. The Hall–Kier alpha value is -5.54. The van der Waals surface area contributed by atoms with Gasteiger partial charge in [-0.25, -0.2) is 0 Å². The van der Waals surface area contributed by atoms with Gasteiger partial charge in [0.15, 0.2) is 0 Å². The molecule has 0 aliphatic carbocycles. The number of benzene rings is 7. The van der Waals surface area contributed by atoms with Crippen LogP contribution in [0.25, 0.3) is 65.6 Å². The van der Waals surface area contributed by atoms with E-state index in [0.717, 1.165) is 0 Å². The van der Waals surface area contributed by atoms with Crippen LogP contribution in [0.15, 0.2) is 127 Å². The Bertz CT molecular complexity index is 2850. The third kappa shape index (κ3) is 2.56. The lowest BCUT2D eigenvalue weighted by atomic mass is 9.31. The predicted octanol–water partition coefficient (Wildman–Crippen LogP) is 7.98. The minimum atomic E-state index is 0.199. The van der Waals surface area contributed by atoms with Gasteiger partial charge in [0.25, 0.3) is 0 Å². The molecule has 0 spiro atoms. The van der Waals surface area contributed by atoms with Gasteiger partial charge in [0, 0.05) is 44.1 Å². The second-order valence-electron chi connectivity index (χ2n) is 13.4. The van der Waals surface area contributed by atoms with Gasteiger partial charge in [0.1, 0.15) is 0 Å². The maximum Gasteiger partial charge on any atom is 0.247 e. The zero-order valence-corrected chi connectivity index (χ0v) is 24.7. The number of rotatable bonds is 0. The second kappa shape index (κ2) is 7.57. The Kier molecular flexibility index (Phi) is 3.86. The summed E-state index contributed by atoms with van der Waals surface area (Å²) in [5.41, 5.74) is 16.7. The van der Waals surface area contributed by atoms with E-state index in [1.807, 2.05) is 0 Å². The molecule has 5 heterocycles. The fraction of sp³-hybridized carbons (Fsp3) is 0.0476. The van der Waals surface area contributed by atoms with E-state index < -0.39 is 0 Å². The molecule has 0 radical (unpaired) electrons. The predicted molar refractivity (Wildman–Crippen MR) is 189 cm³/mol. The molecule has 0 fully saturated rings. The lowest BCUT2D eigenvalue weighted by Crippen LogP contribution is -2.60. The molecule has 3 heteroatoms. The summed E-state index contributed by atoms with van der Waals surface area (Å²) < 4.78 is 5.19. The second-order valence-corrected chi connectivity index (χ2v) is 13.4. The molecule has 0 saturated heterocycles. The Labute approximate surface area is 259 Å². The van der Waals surface area contributed by atoms with E-state index in [-0.39, 0.29) is 12.6 Å². The minimum Gasteiger partial charge on any atom is -0.312 e. The lowest BCUT2D eigenvalue weighted by Gasteiger charge is -2.36. The number of para-hydroxylation sites is 1. The van der Waals surface area contributed by atoms with Crippen LogP contribution >= 0.6 is 0 Å². The third-order valence-corrected chi connectivity index (χ3v) is 11.1. The van der Waals surface area contributed by atoms with Crippen molar-refractivity contribution < 1.29 is 0 Å². The molecule has 2 aromatic heterocycles. The van der Waals surface area contributed by atoms with Crippen LogP contribution in [-0.4, -0.2) is 15.8 Å². The SMILES string of the molecule is Cc1cc2c3c(c1)-n1c4c(cccc4c4ccc5ccccc5c41)B3c1cccc3c1C2c1cc2cc4ccccc4cc2n1-3. The number of nitrogens with zero attached hydrogens (tertiary/aromatic N) is 2. The summed E-state index contributed by atoms with van der Waals surface area (Å²) in [6, 6.07) is 48.5. The van der Waals surface area contributed by atoms with Gasteiger partial charge in [-0.05, 0) is 81.0 Å². The summed E-state index contributed by atoms with van der Waals surface area (Å²) in [5.74, 6) is 0.205. The van der Waals surface area contributed by atoms with E-state index >= 15 is 0 Å². The van der Waals surface area contributed by atoms with E-state index in [9.17, 15) is 0 Å². The molecule has 0 N–H and O–H groups in total. The van der Waals surface area contributed by atoms with Crippen LogP contribution in [0.4, 0.5) is 0 Å². The van der Waals surface area contributed by atoms with Crippen molar-refractivity contribution in [2.75, 3.05) is 0 Å². The molecule has 206 valence electrons. The van der Waals surface area contributed by atoms with Crippen LogP contribution in [0.1, 0.15) is 28.3 Å². The van der Waals surface area contributed by atoms with Gasteiger partial charge in [0.2, 0.25) is 6.71 Å². The van der Waals surface area contributed by atoms with Crippen molar-refractivity contribution in [1.82, 2.24) is 9.13 Å². The molecule has 2 nitrogen and oxygen atoms in total. The van der Waals surface area contributed by atoms with E-state index in [4.69, 9.17) is 0 Å². The van der Waals surface area contributed by atoms with Gasteiger partial charge in [-0.2, -0.15) is 0 Å². The highest BCUT2D eigenvalue weighted by Crippen LogP contribution is 2.48. The molecular weight excluding hydrogens is 543 g/mol. The van der Waals surface area contributed by atoms with Crippen LogP contribution < -0.4 is 16.4 Å². The standard InChI is InChI=1S/C42H25BN2/c1-23-18-31-38-36-22-27-20-25-9-2-3-10-26(25)21-35(27)44(36)34-15-7-13-32(39(34)38)43-33-14-6-12-29-30-17-16-24-8-4-5-11-28(24)41(30)45(42(29)33)37(19-23)40(31)43/h2-22,38H,1H3. The molecule has 12 rings (SSSR count). The normalized spacial score (nSPS) is 15.4. The first-order valence-corrected chi connectivity index (χ1v) is 16.0. The van der Waals surface area contributed by atoms with Crippen LogP contribution in [0.3, 0.4) is 0 Å². The quantitative estimate of drug-likeness (QED) is 0.164. The molecule has 7 aromatic carbocycles. The van der Waals surface area contributed by atoms with Crippen molar-refractivity contribution in [2.24, 2.45) is 0 Å².